The number of benzene rings is 7. The standard InChI is InChI=1S/C56H51NOS/c1-53(2,3)32-27-43-41-25-24-40-38-23-20-35(31-46(38)56(9,10)50(40)52(41)59-51(43)47(28-32)54(4,5)6)57(33-21-26-49-42(29-33)39-16-12-14-18-48(39)58-49)34-19-22-37-36-15-11-13-17-44(36)55(7,8)45(37)30-34/h11-31H,1-10H3. The summed E-state index contributed by atoms with van der Waals surface area (Å²) in [7, 11) is 0. The second-order valence-corrected chi connectivity index (χ2v) is 21.3. The van der Waals surface area contributed by atoms with Gasteiger partial charge in [-0.3, -0.25) is 0 Å². The van der Waals surface area contributed by atoms with E-state index in [0.717, 1.165) is 39.0 Å². The summed E-state index contributed by atoms with van der Waals surface area (Å²) in [4.78, 5) is 2.47. The van der Waals surface area contributed by atoms with Crippen molar-refractivity contribution in [2.45, 2.75) is 90.9 Å². The Bertz CT molecular complexity index is 3240. The van der Waals surface area contributed by atoms with Crippen LogP contribution >= 0.6 is 11.3 Å². The maximum atomic E-state index is 6.33. The van der Waals surface area contributed by atoms with Gasteiger partial charge in [-0.05, 0) is 121 Å². The summed E-state index contributed by atoms with van der Waals surface area (Å²) < 4.78 is 9.18. The third-order valence-corrected chi connectivity index (χ3v) is 15.0. The van der Waals surface area contributed by atoms with Gasteiger partial charge in [-0.15, -0.1) is 11.3 Å². The van der Waals surface area contributed by atoms with Gasteiger partial charge in [-0.1, -0.05) is 142 Å². The molecule has 0 saturated heterocycles. The zero-order valence-electron chi connectivity index (χ0n) is 35.9. The van der Waals surface area contributed by atoms with Crippen molar-refractivity contribution < 1.29 is 4.42 Å². The molecular formula is C56H51NOS. The lowest BCUT2D eigenvalue weighted by atomic mass is 9.79. The third-order valence-electron chi connectivity index (χ3n) is 13.7. The van der Waals surface area contributed by atoms with Gasteiger partial charge >= 0.3 is 0 Å². The van der Waals surface area contributed by atoms with Crippen LogP contribution in [0.15, 0.2) is 132 Å². The minimum Gasteiger partial charge on any atom is -0.456 e. The van der Waals surface area contributed by atoms with Gasteiger partial charge in [-0.25, -0.2) is 0 Å². The monoisotopic (exact) mass is 785 g/mol. The average Bonchev–Trinajstić information content (AvgIpc) is 3.89. The van der Waals surface area contributed by atoms with Crippen LogP contribution in [0.3, 0.4) is 0 Å². The van der Waals surface area contributed by atoms with Crippen LogP contribution in [0.25, 0.3) is 64.4 Å². The molecule has 2 aliphatic rings. The van der Waals surface area contributed by atoms with Crippen LogP contribution in [-0.2, 0) is 21.7 Å². The lowest BCUT2D eigenvalue weighted by molar-refractivity contribution is 0.573. The summed E-state index contributed by atoms with van der Waals surface area (Å²) in [5.41, 5.74) is 18.8. The summed E-state index contributed by atoms with van der Waals surface area (Å²) in [6.45, 7) is 23.7. The Morgan fingerprint density at radius 1 is 0.458 bits per heavy atom. The van der Waals surface area contributed by atoms with Crippen molar-refractivity contribution in [1.82, 2.24) is 0 Å². The minimum absolute atomic E-state index is 0.0295. The predicted octanol–water partition coefficient (Wildman–Crippen LogP) is 16.6. The molecule has 0 radical (unpaired) electrons. The Morgan fingerprint density at radius 3 is 1.78 bits per heavy atom. The molecular weight excluding hydrogens is 735 g/mol. The first kappa shape index (κ1) is 36.4. The van der Waals surface area contributed by atoms with E-state index in [1.807, 2.05) is 17.4 Å². The maximum Gasteiger partial charge on any atom is 0.135 e. The number of para-hydroxylation sites is 1. The van der Waals surface area contributed by atoms with E-state index in [4.69, 9.17) is 4.42 Å². The molecule has 2 aliphatic carbocycles. The quantitative estimate of drug-likeness (QED) is 0.177. The highest BCUT2D eigenvalue weighted by molar-refractivity contribution is 7.26. The molecule has 0 atom stereocenters. The van der Waals surface area contributed by atoms with E-state index < -0.39 is 0 Å². The van der Waals surface area contributed by atoms with Gasteiger partial charge in [0.15, 0.2) is 0 Å². The molecule has 7 aromatic carbocycles. The van der Waals surface area contributed by atoms with Crippen molar-refractivity contribution in [1.29, 1.82) is 0 Å². The van der Waals surface area contributed by atoms with Crippen LogP contribution in [0.4, 0.5) is 17.1 Å². The van der Waals surface area contributed by atoms with E-state index in [9.17, 15) is 0 Å². The molecule has 11 rings (SSSR count). The molecule has 0 spiro atoms. The van der Waals surface area contributed by atoms with E-state index in [0.29, 0.717) is 0 Å². The van der Waals surface area contributed by atoms with Gasteiger partial charge in [0.05, 0.1) is 0 Å². The van der Waals surface area contributed by atoms with Crippen LogP contribution in [0, 0.1) is 0 Å². The molecule has 2 aromatic heterocycles. The Labute approximate surface area is 352 Å². The van der Waals surface area contributed by atoms with E-state index in [-0.39, 0.29) is 21.7 Å². The fourth-order valence-electron chi connectivity index (χ4n) is 10.5. The SMILES string of the molecule is CC(C)(C)c1cc(C(C)(C)C)c2sc3c4c(ccc3c2c1)-c1ccc(N(c2ccc3c(c2)C(C)(C)c2ccccc2-3)c2ccc3oc5ccccc5c3c2)cc1C4(C)C. The van der Waals surface area contributed by atoms with Crippen molar-refractivity contribution in [3.63, 3.8) is 0 Å². The van der Waals surface area contributed by atoms with Crippen molar-refractivity contribution in [3.8, 4) is 22.3 Å². The summed E-state index contributed by atoms with van der Waals surface area (Å²) in [5, 5.41) is 5.04. The normalized spacial score (nSPS) is 15.2. The molecule has 2 nitrogen and oxygen atoms in total. The molecule has 292 valence electrons. The minimum atomic E-state index is -0.215. The molecule has 0 saturated carbocycles. The molecule has 0 N–H and O–H groups in total. The molecule has 2 heterocycles. The fraction of sp³-hybridized carbons (Fsp3) is 0.250. The Kier molecular flexibility index (Phi) is 7.40. The first-order valence-electron chi connectivity index (χ1n) is 21.2. The molecule has 59 heavy (non-hydrogen) atoms. The first-order chi connectivity index (χ1) is 28.0. The third kappa shape index (κ3) is 5.16. The molecule has 9 aromatic rings. The van der Waals surface area contributed by atoms with Crippen molar-refractivity contribution in [2.24, 2.45) is 0 Å². The Balaban J connectivity index is 1.11. The first-order valence-corrected chi connectivity index (χ1v) is 22.0. The zero-order valence-corrected chi connectivity index (χ0v) is 36.7. The number of furan rings is 1. The highest BCUT2D eigenvalue weighted by Gasteiger charge is 2.40. The number of rotatable bonds is 3. The Morgan fingerprint density at radius 2 is 1.05 bits per heavy atom. The lowest BCUT2D eigenvalue weighted by Gasteiger charge is -2.30. The van der Waals surface area contributed by atoms with Crippen molar-refractivity contribution >= 4 is 70.5 Å². The highest BCUT2D eigenvalue weighted by Crippen LogP contribution is 2.57. The molecule has 0 amide bonds. The smallest absolute Gasteiger partial charge is 0.135 e. The van der Waals surface area contributed by atoms with Gasteiger partial charge in [0, 0.05) is 58.8 Å². The number of anilines is 3. The molecule has 3 heteroatoms. The van der Waals surface area contributed by atoms with Crippen molar-refractivity contribution in [3.05, 3.63) is 161 Å². The van der Waals surface area contributed by atoms with E-state index in [2.05, 4.69) is 195 Å². The van der Waals surface area contributed by atoms with E-state index in [1.165, 1.54) is 75.8 Å². The molecule has 0 aliphatic heterocycles. The van der Waals surface area contributed by atoms with Gasteiger partial charge in [-0.2, -0.15) is 0 Å². The second-order valence-electron chi connectivity index (χ2n) is 20.2. The van der Waals surface area contributed by atoms with Gasteiger partial charge in [0.25, 0.3) is 0 Å². The average molecular weight is 786 g/mol. The number of hydrogen-bond donors (Lipinski definition) is 0. The predicted molar refractivity (Wildman–Crippen MR) is 254 cm³/mol. The summed E-state index contributed by atoms with van der Waals surface area (Å²) >= 11 is 2.01. The molecule has 0 bridgehead atoms. The van der Waals surface area contributed by atoms with Gasteiger partial charge in [0.1, 0.15) is 11.2 Å². The van der Waals surface area contributed by atoms with Crippen molar-refractivity contribution in [2.75, 3.05) is 4.90 Å². The number of fused-ring (bicyclic) bond motifs is 13. The molecule has 0 unspecified atom stereocenters. The number of nitrogens with zero attached hydrogens (tertiary/aromatic N) is 1. The zero-order chi connectivity index (χ0) is 41.0. The summed E-state index contributed by atoms with van der Waals surface area (Å²) in [6.07, 6.45) is 0. The molecule has 0 fully saturated rings. The highest BCUT2D eigenvalue weighted by atomic mass is 32.1. The van der Waals surface area contributed by atoms with Crippen LogP contribution in [0.1, 0.15) is 103 Å². The lowest BCUT2D eigenvalue weighted by Crippen LogP contribution is -2.18. The maximum absolute atomic E-state index is 6.33. The topological polar surface area (TPSA) is 16.4 Å². The summed E-state index contributed by atoms with van der Waals surface area (Å²) in [6, 6.07) is 48.1. The van der Waals surface area contributed by atoms with Crippen LogP contribution in [0.2, 0.25) is 0 Å². The van der Waals surface area contributed by atoms with E-state index in [1.54, 1.807) is 0 Å². The van der Waals surface area contributed by atoms with Crippen LogP contribution in [0.5, 0.6) is 0 Å². The van der Waals surface area contributed by atoms with Gasteiger partial charge < -0.3 is 9.32 Å². The second kappa shape index (κ2) is 12.0. The summed E-state index contributed by atoms with van der Waals surface area (Å²) in [5.74, 6) is 0. The largest absolute Gasteiger partial charge is 0.456 e. The Hall–Kier alpha value is -5.64. The van der Waals surface area contributed by atoms with Gasteiger partial charge in [0.2, 0.25) is 0 Å². The van der Waals surface area contributed by atoms with Crippen LogP contribution in [-0.4, -0.2) is 0 Å². The van der Waals surface area contributed by atoms with E-state index >= 15 is 0 Å². The van der Waals surface area contributed by atoms with Crippen LogP contribution < -0.4 is 4.90 Å². The fourth-order valence-corrected chi connectivity index (χ4v) is 12.2. The number of hydrogen-bond acceptors (Lipinski definition) is 3. The number of thiophene rings is 1.